The highest BCUT2D eigenvalue weighted by molar-refractivity contribution is 6.38. The largest absolute Gasteiger partial charge is 0.399 e. The van der Waals surface area contributed by atoms with Crippen LogP contribution < -0.4 is 5.73 Å². The lowest BCUT2D eigenvalue weighted by Crippen LogP contribution is -2.02. The molecule has 0 amide bonds. The second-order valence-corrected chi connectivity index (χ2v) is 4.61. The summed E-state index contributed by atoms with van der Waals surface area (Å²) in [6.45, 7) is 2.10. The fourth-order valence-electron chi connectivity index (χ4n) is 1.76. The Morgan fingerprint density at radius 1 is 1.29 bits per heavy atom. The van der Waals surface area contributed by atoms with Gasteiger partial charge in [0.25, 0.3) is 0 Å². The fourth-order valence-corrected chi connectivity index (χ4v) is 2.45. The average Bonchev–Trinajstić information content (AvgIpc) is 2.65. The van der Waals surface area contributed by atoms with Gasteiger partial charge >= 0.3 is 0 Å². The summed E-state index contributed by atoms with van der Waals surface area (Å²) in [6, 6.07) is 3.39. The third kappa shape index (κ3) is 2.40. The molecule has 5 heteroatoms. The van der Waals surface area contributed by atoms with Gasteiger partial charge in [0.05, 0.1) is 15.7 Å². The van der Waals surface area contributed by atoms with Gasteiger partial charge in [-0.25, -0.2) is 4.98 Å². The van der Waals surface area contributed by atoms with Crippen molar-refractivity contribution in [3.8, 4) is 5.69 Å². The molecule has 1 aromatic carbocycles. The minimum absolute atomic E-state index is 0.533. The Balaban J connectivity index is 2.56. The summed E-state index contributed by atoms with van der Waals surface area (Å²) in [6.07, 6.45) is 5.49. The molecule has 1 heterocycles. The van der Waals surface area contributed by atoms with E-state index in [0.29, 0.717) is 15.7 Å². The van der Waals surface area contributed by atoms with Gasteiger partial charge in [0.15, 0.2) is 0 Å². The molecular formula is C12H13Cl2N3. The third-order valence-electron chi connectivity index (χ3n) is 2.47. The van der Waals surface area contributed by atoms with Crippen molar-refractivity contribution in [2.24, 2.45) is 0 Å². The third-order valence-corrected chi connectivity index (χ3v) is 3.05. The Hall–Kier alpha value is -1.19. The maximum Gasteiger partial charge on any atom is 0.113 e. The summed E-state index contributed by atoms with van der Waals surface area (Å²) in [4.78, 5) is 4.30. The van der Waals surface area contributed by atoms with Crippen LogP contribution in [0.25, 0.3) is 5.69 Å². The van der Waals surface area contributed by atoms with Crippen molar-refractivity contribution in [1.29, 1.82) is 0 Å². The van der Waals surface area contributed by atoms with Crippen LogP contribution in [0.3, 0.4) is 0 Å². The van der Waals surface area contributed by atoms with Crippen LogP contribution in [0.5, 0.6) is 0 Å². The van der Waals surface area contributed by atoms with Gasteiger partial charge in [-0.2, -0.15) is 0 Å². The standard InChI is InChI=1S/C12H13Cl2N3/c1-2-3-11-16-4-5-17(11)12-9(13)6-8(15)7-10(12)14/h4-7H,2-3,15H2,1H3. The van der Waals surface area contributed by atoms with Crippen molar-refractivity contribution in [2.45, 2.75) is 19.8 Å². The number of anilines is 1. The molecule has 0 aliphatic rings. The first kappa shape index (κ1) is 12.3. The molecule has 2 rings (SSSR count). The van der Waals surface area contributed by atoms with E-state index >= 15 is 0 Å². The van der Waals surface area contributed by atoms with Gasteiger partial charge in [0.2, 0.25) is 0 Å². The van der Waals surface area contributed by atoms with Crippen LogP contribution in [0, 0.1) is 0 Å². The maximum absolute atomic E-state index is 6.19. The molecule has 0 bridgehead atoms. The van der Waals surface area contributed by atoms with Gasteiger partial charge in [0, 0.05) is 24.5 Å². The summed E-state index contributed by atoms with van der Waals surface area (Å²) >= 11 is 12.4. The SMILES string of the molecule is CCCc1nccn1-c1c(Cl)cc(N)cc1Cl. The first-order valence-corrected chi connectivity index (χ1v) is 6.16. The molecule has 17 heavy (non-hydrogen) atoms. The second-order valence-electron chi connectivity index (χ2n) is 3.80. The maximum atomic E-state index is 6.19. The van der Waals surface area contributed by atoms with Crippen LogP contribution in [0.15, 0.2) is 24.5 Å². The molecule has 0 fully saturated rings. The lowest BCUT2D eigenvalue weighted by atomic mass is 10.2. The van der Waals surface area contributed by atoms with E-state index < -0.39 is 0 Å². The Labute approximate surface area is 110 Å². The lowest BCUT2D eigenvalue weighted by Gasteiger charge is -2.12. The number of hydrogen-bond donors (Lipinski definition) is 1. The minimum Gasteiger partial charge on any atom is -0.399 e. The molecule has 0 saturated heterocycles. The van der Waals surface area contributed by atoms with Crippen molar-refractivity contribution in [2.75, 3.05) is 5.73 Å². The molecule has 90 valence electrons. The number of rotatable bonds is 3. The van der Waals surface area contributed by atoms with Crippen LogP contribution in [-0.2, 0) is 6.42 Å². The van der Waals surface area contributed by atoms with Gasteiger partial charge < -0.3 is 10.3 Å². The summed E-state index contributed by atoms with van der Waals surface area (Å²) in [7, 11) is 0. The number of aryl methyl sites for hydroxylation is 1. The predicted molar refractivity (Wildman–Crippen MR) is 72.0 cm³/mol. The van der Waals surface area contributed by atoms with E-state index in [-0.39, 0.29) is 0 Å². The fraction of sp³-hybridized carbons (Fsp3) is 0.250. The van der Waals surface area contributed by atoms with Crippen LogP contribution in [0.4, 0.5) is 5.69 Å². The molecule has 0 atom stereocenters. The molecule has 2 aromatic rings. The molecule has 0 aliphatic heterocycles. The van der Waals surface area contributed by atoms with Gasteiger partial charge in [-0.15, -0.1) is 0 Å². The van der Waals surface area contributed by atoms with Crippen molar-refractivity contribution < 1.29 is 0 Å². The number of nitrogens with two attached hydrogens (primary N) is 1. The van der Waals surface area contributed by atoms with Crippen molar-refractivity contribution in [3.63, 3.8) is 0 Å². The zero-order chi connectivity index (χ0) is 12.4. The number of halogens is 2. The first-order valence-electron chi connectivity index (χ1n) is 5.40. The second kappa shape index (κ2) is 4.98. The normalized spacial score (nSPS) is 10.8. The monoisotopic (exact) mass is 269 g/mol. The highest BCUT2D eigenvalue weighted by atomic mass is 35.5. The van der Waals surface area contributed by atoms with Crippen LogP contribution in [0.1, 0.15) is 19.2 Å². The van der Waals surface area contributed by atoms with Gasteiger partial charge in [-0.3, -0.25) is 0 Å². The average molecular weight is 270 g/mol. The molecule has 3 nitrogen and oxygen atoms in total. The van der Waals surface area contributed by atoms with Crippen LogP contribution >= 0.6 is 23.2 Å². The number of aromatic nitrogens is 2. The molecule has 0 aliphatic carbocycles. The van der Waals surface area contributed by atoms with Gasteiger partial charge in [-0.05, 0) is 18.6 Å². The van der Waals surface area contributed by atoms with Gasteiger partial charge in [-0.1, -0.05) is 30.1 Å². The Morgan fingerprint density at radius 3 is 2.53 bits per heavy atom. The number of benzene rings is 1. The number of nitrogens with zero attached hydrogens (tertiary/aromatic N) is 2. The van der Waals surface area contributed by atoms with Crippen molar-refractivity contribution >= 4 is 28.9 Å². The summed E-state index contributed by atoms with van der Waals surface area (Å²) < 4.78 is 1.91. The number of hydrogen-bond acceptors (Lipinski definition) is 2. The van der Waals surface area contributed by atoms with Gasteiger partial charge in [0.1, 0.15) is 5.82 Å². The Bertz CT molecular complexity index is 511. The Morgan fingerprint density at radius 2 is 1.94 bits per heavy atom. The zero-order valence-corrected chi connectivity index (χ0v) is 11.0. The molecule has 0 unspecified atom stereocenters. The quantitative estimate of drug-likeness (QED) is 0.864. The van der Waals surface area contributed by atoms with Crippen molar-refractivity contribution in [1.82, 2.24) is 9.55 Å². The van der Waals surface area contributed by atoms with Crippen LogP contribution in [-0.4, -0.2) is 9.55 Å². The smallest absolute Gasteiger partial charge is 0.113 e. The Kier molecular flexibility index (Phi) is 3.60. The topological polar surface area (TPSA) is 43.8 Å². The number of nitrogen functional groups attached to an aromatic ring is 1. The summed E-state index contributed by atoms with van der Waals surface area (Å²) in [5.74, 6) is 0.945. The number of imidazole rings is 1. The van der Waals surface area contributed by atoms with E-state index in [1.807, 2.05) is 10.8 Å². The molecule has 0 spiro atoms. The highest BCUT2D eigenvalue weighted by Gasteiger charge is 2.12. The molecular weight excluding hydrogens is 257 g/mol. The van der Waals surface area contributed by atoms with Crippen LogP contribution in [0.2, 0.25) is 10.0 Å². The van der Waals surface area contributed by atoms with E-state index in [1.165, 1.54) is 0 Å². The van der Waals surface area contributed by atoms with E-state index in [1.54, 1.807) is 18.3 Å². The molecule has 0 saturated carbocycles. The van der Waals surface area contributed by atoms with E-state index in [4.69, 9.17) is 28.9 Å². The van der Waals surface area contributed by atoms with E-state index in [2.05, 4.69) is 11.9 Å². The highest BCUT2D eigenvalue weighted by Crippen LogP contribution is 2.32. The first-order chi connectivity index (χ1) is 8.13. The minimum atomic E-state index is 0.533. The summed E-state index contributed by atoms with van der Waals surface area (Å²) in [5.41, 5.74) is 6.98. The summed E-state index contributed by atoms with van der Waals surface area (Å²) in [5, 5.41) is 1.07. The zero-order valence-electron chi connectivity index (χ0n) is 9.45. The predicted octanol–water partition coefficient (Wildman–Crippen LogP) is 3.71. The van der Waals surface area contributed by atoms with E-state index in [9.17, 15) is 0 Å². The lowest BCUT2D eigenvalue weighted by molar-refractivity contribution is 0.809. The molecule has 0 radical (unpaired) electrons. The molecule has 2 N–H and O–H groups in total. The van der Waals surface area contributed by atoms with Crippen molar-refractivity contribution in [3.05, 3.63) is 40.4 Å². The van der Waals surface area contributed by atoms with E-state index in [0.717, 1.165) is 24.4 Å². The molecule has 1 aromatic heterocycles.